The van der Waals surface area contributed by atoms with Gasteiger partial charge in [0.1, 0.15) is 13.2 Å². The molecule has 0 aliphatic carbocycles. The summed E-state index contributed by atoms with van der Waals surface area (Å²) in [6.07, 6.45) is 0. The lowest BCUT2D eigenvalue weighted by molar-refractivity contribution is 0.0960. The minimum absolute atomic E-state index is 0.131. The number of Topliss-reactive ketones (excluding diaryl/α,β-unsaturated/α-hetero) is 1. The highest BCUT2D eigenvalue weighted by Crippen LogP contribution is 2.31. The predicted octanol–water partition coefficient (Wildman–Crippen LogP) is 2.34. The van der Waals surface area contributed by atoms with Gasteiger partial charge in [0.15, 0.2) is 17.3 Å². The molecule has 3 rings (SSSR count). The summed E-state index contributed by atoms with van der Waals surface area (Å²) in [5.74, 6) is 1.14. The van der Waals surface area contributed by atoms with E-state index in [0.717, 1.165) is 5.56 Å². The second-order valence-corrected chi connectivity index (χ2v) is 4.61. The first-order valence-corrected chi connectivity index (χ1v) is 6.50. The third kappa shape index (κ3) is 2.38. The summed E-state index contributed by atoms with van der Waals surface area (Å²) < 4.78 is 10.9. The van der Waals surface area contributed by atoms with Crippen molar-refractivity contribution in [1.82, 2.24) is 0 Å². The Morgan fingerprint density at radius 3 is 2.45 bits per heavy atom. The number of hydrogen-bond donors (Lipinski definition) is 1. The van der Waals surface area contributed by atoms with E-state index in [1.54, 1.807) is 18.2 Å². The zero-order chi connectivity index (χ0) is 13.9. The number of nitrogens with two attached hydrogens (primary N) is 1. The smallest absolute Gasteiger partial charge is 0.184 e. The van der Waals surface area contributed by atoms with Crippen molar-refractivity contribution in [2.24, 2.45) is 5.73 Å². The molecule has 2 aromatic carbocycles. The van der Waals surface area contributed by atoms with Crippen LogP contribution in [0.2, 0.25) is 0 Å². The molecule has 1 atom stereocenters. The molecule has 4 nitrogen and oxygen atoms in total. The Bertz CT molecular complexity index is 625. The molecule has 0 radical (unpaired) electrons. The first-order valence-electron chi connectivity index (χ1n) is 6.50. The minimum atomic E-state index is -0.668. The monoisotopic (exact) mass is 269 g/mol. The fraction of sp³-hybridized carbons (Fsp3) is 0.188. The van der Waals surface area contributed by atoms with Crippen LogP contribution >= 0.6 is 0 Å². The van der Waals surface area contributed by atoms with Gasteiger partial charge in [0.05, 0.1) is 6.04 Å². The van der Waals surface area contributed by atoms with Crippen LogP contribution in [0.4, 0.5) is 0 Å². The van der Waals surface area contributed by atoms with Gasteiger partial charge in [-0.3, -0.25) is 4.79 Å². The maximum absolute atomic E-state index is 12.4. The van der Waals surface area contributed by atoms with Crippen molar-refractivity contribution in [3.05, 3.63) is 59.7 Å². The van der Waals surface area contributed by atoms with Gasteiger partial charge < -0.3 is 15.2 Å². The van der Waals surface area contributed by atoms with Gasteiger partial charge in [-0.05, 0) is 23.8 Å². The van der Waals surface area contributed by atoms with Gasteiger partial charge in [0, 0.05) is 5.56 Å². The van der Waals surface area contributed by atoms with E-state index in [1.165, 1.54) is 0 Å². The van der Waals surface area contributed by atoms with E-state index in [-0.39, 0.29) is 5.78 Å². The lowest BCUT2D eigenvalue weighted by Crippen LogP contribution is -2.22. The van der Waals surface area contributed by atoms with E-state index in [1.807, 2.05) is 30.3 Å². The summed E-state index contributed by atoms with van der Waals surface area (Å²) in [4.78, 5) is 12.4. The average molecular weight is 269 g/mol. The highest BCUT2D eigenvalue weighted by atomic mass is 16.6. The molecule has 0 spiro atoms. The van der Waals surface area contributed by atoms with E-state index in [4.69, 9.17) is 15.2 Å². The topological polar surface area (TPSA) is 61.6 Å². The number of carbonyl (C=O) groups is 1. The van der Waals surface area contributed by atoms with Crippen LogP contribution in [0.3, 0.4) is 0 Å². The number of carbonyl (C=O) groups excluding carboxylic acids is 1. The van der Waals surface area contributed by atoms with Gasteiger partial charge in [0.2, 0.25) is 0 Å². The van der Waals surface area contributed by atoms with E-state index in [2.05, 4.69) is 0 Å². The molecule has 0 aromatic heterocycles. The van der Waals surface area contributed by atoms with Crippen molar-refractivity contribution in [2.45, 2.75) is 6.04 Å². The Morgan fingerprint density at radius 2 is 1.70 bits per heavy atom. The summed E-state index contributed by atoms with van der Waals surface area (Å²) >= 11 is 0. The number of hydrogen-bond acceptors (Lipinski definition) is 4. The van der Waals surface area contributed by atoms with Gasteiger partial charge in [-0.25, -0.2) is 0 Å². The van der Waals surface area contributed by atoms with E-state index in [0.29, 0.717) is 30.3 Å². The van der Waals surface area contributed by atoms with Gasteiger partial charge in [-0.15, -0.1) is 0 Å². The number of rotatable bonds is 3. The molecule has 1 aliphatic rings. The van der Waals surface area contributed by atoms with Crippen molar-refractivity contribution < 1.29 is 14.3 Å². The molecule has 0 fully saturated rings. The predicted molar refractivity (Wildman–Crippen MR) is 75.1 cm³/mol. The van der Waals surface area contributed by atoms with Crippen LogP contribution in [0.1, 0.15) is 22.0 Å². The van der Waals surface area contributed by atoms with Gasteiger partial charge >= 0.3 is 0 Å². The molecule has 1 aliphatic heterocycles. The number of ketones is 1. The second-order valence-electron chi connectivity index (χ2n) is 4.61. The van der Waals surface area contributed by atoms with E-state index >= 15 is 0 Å². The van der Waals surface area contributed by atoms with Crippen LogP contribution in [0.5, 0.6) is 11.5 Å². The zero-order valence-electron chi connectivity index (χ0n) is 10.9. The third-order valence-electron chi connectivity index (χ3n) is 3.27. The lowest BCUT2D eigenvalue weighted by atomic mass is 9.98. The van der Waals surface area contributed by atoms with Crippen molar-refractivity contribution >= 4 is 5.78 Å². The Balaban J connectivity index is 1.87. The van der Waals surface area contributed by atoms with Crippen LogP contribution in [0.25, 0.3) is 0 Å². The quantitative estimate of drug-likeness (QED) is 0.869. The highest BCUT2D eigenvalue weighted by molar-refractivity contribution is 6.01. The minimum Gasteiger partial charge on any atom is -0.486 e. The molecular formula is C16H15NO3. The van der Waals surface area contributed by atoms with Crippen LogP contribution < -0.4 is 15.2 Å². The summed E-state index contributed by atoms with van der Waals surface area (Å²) in [7, 11) is 0. The number of fused-ring (bicyclic) bond motifs is 1. The van der Waals surface area contributed by atoms with Crippen LogP contribution in [0.15, 0.2) is 48.5 Å². The molecule has 1 heterocycles. The summed E-state index contributed by atoms with van der Waals surface area (Å²) in [5.41, 5.74) is 7.36. The fourth-order valence-corrected chi connectivity index (χ4v) is 2.19. The molecule has 0 saturated carbocycles. The van der Waals surface area contributed by atoms with Crippen molar-refractivity contribution in [3.8, 4) is 11.5 Å². The normalized spacial score (nSPS) is 14.7. The van der Waals surface area contributed by atoms with Crippen molar-refractivity contribution in [3.63, 3.8) is 0 Å². The standard InChI is InChI=1S/C16H15NO3/c17-15(11-4-2-1-3-5-11)16(18)12-6-7-13-14(10-12)20-9-8-19-13/h1-7,10,15H,8-9,17H2/t15-/m1/s1. The average Bonchev–Trinajstić information content (AvgIpc) is 2.54. The molecule has 2 aromatic rings. The maximum Gasteiger partial charge on any atom is 0.184 e. The highest BCUT2D eigenvalue weighted by Gasteiger charge is 2.20. The second kappa shape index (κ2) is 5.35. The first kappa shape index (κ1) is 12.7. The molecule has 0 bridgehead atoms. The molecule has 0 unspecified atom stereocenters. The molecule has 0 amide bonds. The first-order chi connectivity index (χ1) is 9.75. The molecule has 20 heavy (non-hydrogen) atoms. The summed E-state index contributed by atoms with van der Waals surface area (Å²) in [6, 6.07) is 13.8. The maximum atomic E-state index is 12.4. The van der Waals surface area contributed by atoms with Gasteiger partial charge in [-0.2, -0.15) is 0 Å². The largest absolute Gasteiger partial charge is 0.486 e. The summed E-state index contributed by atoms with van der Waals surface area (Å²) in [6.45, 7) is 1.03. The number of benzene rings is 2. The van der Waals surface area contributed by atoms with Crippen LogP contribution in [0, 0.1) is 0 Å². The molecule has 102 valence electrons. The van der Waals surface area contributed by atoms with Crippen molar-refractivity contribution in [2.75, 3.05) is 13.2 Å². The lowest BCUT2D eigenvalue weighted by Gasteiger charge is -2.19. The van der Waals surface area contributed by atoms with Crippen LogP contribution in [-0.4, -0.2) is 19.0 Å². The van der Waals surface area contributed by atoms with Gasteiger partial charge in [-0.1, -0.05) is 30.3 Å². The Hall–Kier alpha value is -2.33. The third-order valence-corrected chi connectivity index (χ3v) is 3.27. The molecule has 4 heteroatoms. The molecule has 0 saturated heterocycles. The van der Waals surface area contributed by atoms with Crippen molar-refractivity contribution in [1.29, 1.82) is 0 Å². The zero-order valence-corrected chi connectivity index (χ0v) is 10.9. The van der Waals surface area contributed by atoms with E-state index in [9.17, 15) is 4.79 Å². The Morgan fingerprint density at radius 1 is 1.00 bits per heavy atom. The fourth-order valence-electron chi connectivity index (χ4n) is 2.19. The SMILES string of the molecule is N[C@@H](C(=O)c1ccc2c(c1)OCCO2)c1ccccc1. The molecular weight excluding hydrogens is 254 g/mol. The van der Waals surface area contributed by atoms with E-state index < -0.39 is 6.04 Å². The Kier molecular flexibility index (Phi) is 3.39. The van der Waals surface area contributed by atoms with Crippen LogP contribution in [-0.2, 0) is 0 Å². The Labute approximate surface area is 117 Å². The van der Waals surface area contributed by atoms with Gasteiger partial charge in [0.25, 0.3) is 0 Å². The molecule has 2 N–H and O–H groups in total. The summed E-state index contributed by atoms with van der Waals surface area (Å²) in [5, 5.41) is 0. The number of ether oxygens (including phenoxy) is 2.